The van der Waals surface area contributed by atoms with Crippen molar-refractivity contribution in [3.63, 3.8) is 0 Å². The number of amides is 1. The zero-order valence-electron chi connectivity index (χ0n) is 17.5. The Bertz CT molecular complexity index is 688. The molecule has 2 saturated heterocycles. The van der Waals surface area contributed by atoms with E-state index in [1.165, 1.54) is 25.7 Å². The molecule has 1 amide bonds. The number of rotatable bonds is 5. The predicted molar refractivity (Wildman–Crippen MR) is 112 cm³/mol. The molecular formula is C23H34N2O4. The predicted octanol–water partition coefficient (Wildman–Crippen LogP) is 3.08. The number of benzene rings is 1. The van der Waals surface area contributed by atoms with Crippen molar-refractivity contribution in [1.82, 2.24) is 9.80 Å². The van der Waals surface area contributed by atoms with Crippen molar-refractivity contribution in [2.24, 2.45) is 0 Å². The smallest absolute Gasteiger partial charge is 0.257 e. The largest absolute Gasteiger partial charge is 0.497 e. The van der Waals surface area contributed by atoms with E-state index < -0.39 is 0 Å². The third-order valence-electron chi connectivity index (χ3n) is 6.78. The molecule has 1 N–H and O–H groups in total. The number of carbonyl (C=O) groups is 1. The molecule has 1 aliphatic carbocycles. The van der Waals surface area contributed by atoms with Gasteiger partial charge in [0.2, 0.25) is 0 Å². The van der Waals surface area contributed by atoms with Crippen molar-refractivity contribution < 1.29 is 19.4 Å². The highest BCUT2D eigenvalue weighted by Gasteiger charge is 2.30. The van der Waals surface area contributed by atoms with Crippen LogP contribution in [0.3, 0.4) is 0 Å². The normalized spacial score (nSPS) is 22.8. The average Bonchev–Trinajstić information content (AvgIpc) is 3.29. The minimum absolute atomic E-state index is 0.0332. The minimum Gasteiger partial charge on any atom is -0.497 e. The first-order valence-electron chi connectivity index (χ1n) is 11.2. The molecule has 1 aromatic rings. The van der Waals surface area contributed by atoms with Crippen LogP contribution in [0.1, 0.15) is 61.7 Å². The van der Waals surface area contributed by atoms with E-state index in [0.29, 0.717) is 43.0 Å². The van der Waals surface area contributed by atoms with Gasteiger partial charge >= 0.3 is 0 Å². The van der Waals surface area contributed by atoms with Crippen LogP contribution in [0.25, 0.3) is 0 Å². The van der Waals surface area contributed by atoms with Crippen molar-refractivity contribution >= 4 is 5.91 Å². The maximum Gasteiger partial charge on any atom is 0.257 e. The van der Waals surface area contributed by atoms with E-state index in [9.17, 15) is 9.90 Å². The summed E-state index contributed by atoms with van der Waals surface area (Å²) in [6.45, 7) is 3.32. The molecule has 29 heavy (non-hydrogen) atoms. The Kier molecular flexibility index (Phi) is 6.60. The van der Waals surface area contributed by atoms with E-state index in [1.807, 2.05) is 17.0 Å². The molecule has 6 nitrogen and oxygen atoms in total. The van der Waals surface area contributed by atoms with Gasteiger partial charge < -0.3 is 24.4 Å². The van der Waals surface area contributed by atoms with Crippen LogP contribution in [0.4, 0.5) is 0 Å². The third-order valence-corrected chi connectivity index (χ3v) is 6.78. The molecule has 2 heterocycles. The van der Waals surface area contributed by atoms with Crippen molar-refractivity contribution in [1.29, 1.82) is 0 Å². The first-order chi connectivity index (χ1) is 14.1. The van der Waals surface area contributed by atoms with Crippen LogP contribution in [-0.2, 0) is 0 Å². The highest BCUT2D eigenvalue weighted by molar-refractivity contribution is 5.97. The van der Waals surface area contributed by atoms with E-state index >= 15 is 0 Å². The quantitative estimate of drug-likeness (QED) is 0.820. The lowest BCUT2D eigenvalue weighted by molar-refractivity contribution is 0.0529. The van der Waals surface area contributed by atoms with Gasteiger partial charge in [0.25, 0.3) is 5.91 Å². The van der Waals surface area contributed by atoms with Gasteiger partial charge in [0.1, 0.15) is 17.6 Å². The number of carbonyl (C=O) groups excluding carboxylic acids is 1. The number of ether oxygens (including phenoxy) is 2. The summed E-state index contributed by atoms with van der Waals surface area (Å²) < 4.78 is 11.7. The van der Waals surface area contributed by atoms with Crippen molar-refractivity contribution in [2.75, 3.05) is 33.3 Å². The summed E-state index contributed by atoms with van der Waals surface area (Å²) >= 11 is 0. The molecule has 160 valence electrons. The molecule has 0 radical (unpaired) electrons. The van der Waals surface area contributed by atoms with E-state index in [2.05, 4.69) is 4.90 Å². The summed E-state index contributed by atoms with van der Waals surface area (Å²) in [7, 11) is 1.61. The standard InChI is InChI=1S/C23H34N2O4/c1-28-20-6-7-22(21(16-20)23(27)25-12-8-18(26)9-13-25)29-19-10-14-24(15-11-19)17-4-2-3-5-17/h6-7,16-19,26H,2-5,8-15H2,1H3. The van der Waals surface area contributed by atoms with E-state index in [1.54, 1.807) is 13.2 Å². The van der Waals surface area contributed by atoms with Gasteiger partial charge in [-0.05, 0) is 56.7 Å². The van der Waals surface area contributed by atoms with Crippen molar-refractivity contribution in [2.45, 2.75) is 69.6 Å². The number of likely N-dealkylation sites (tertiary alicyclic amines) is 2. The molecule has 6 heteroatoms. The van der Waals surface area contributed by atoms with Gasteiger partial charge in [0, 0.05) is 32.2 Å². The number of hydrogen-bond donors (Lipinski definition) is 1. The average molecular weight is 403 g/mol. The Morgan fingerprint density at radius 1 is 1.00 bits per heavy atom. The Morgan fingerprint density at radius 2 is 1.69 bits per heavy atom. The molecule has 0 atom stereocenters. The van der Waals surface area contributed by atoms with Gasteiger partial charge in [-0.15, -0.1) is 0 Å². The summed E-state index contributed by atoms with van der Waals surface area (Å²) in [5.74, 6) is 1.28. The number of methoxy groups -OCH3 is 1. The zero-order chi connectivity index (χ0) is 20.2. The monoisotopic (exact) mass is 402 g/mol. The Morgan fingerprint density at radius 3 is 2.34 bits per heavy atom. The highest BCUT2D eigenvalue weighted by atomic mass is 16.5. The van der Waals surface area contributed by atoms with Crippen LogP contribution in [-0.4, -0.2) is 72.4 Å². The maximum absolute atomic E-state index is 13.2. The van der Waals surface area contributed by atoms with E-state index in [-0.39, 0.29) is 18.1 Å². The molecule has 2 aliphatic heterocycles. The summed E-state index contributed by atoms with van der Waals surface area (Å²) in [5.41, 5.74) is 0.568. The number of piperidine rings is 2. The lowest BCUT2D eigenvalue weighted by atomic mass is 10.0. The number of hydrogen-bond acceptors (Lipinski definition) is 5. The minimum atomic E-state index is -0.301. The highest BCUT2D eigenvalue weighted by Crippen LogP contribution is 2.31. The van der Waals surface area contributed by atoms with Gasteiger partial charge in [-0.2, -0.15) is 0 Å². The molecule has 1 saturated carbocycles. The van der Waals surface area contributed by atoms with Crippen LogP contribution < -0.4 is 9.47 Å². The molecule has 0 aromatic heterocycles. The lowest BCUT2D eigenvalue weighted by Crippen LogP contribution is -2.43. The second kappa shape index (κ2) is 9.35. The molecular weight excluding hydrogens is 368 g/mol. The van der Waals surface area contributed by atoms with Gasteiger partial charge in [-0.25, -0.2) is 0 Å². The van der Waals surface area contributed by atoms with Crippen LogP contribution in [0.5, 0.6) is 11.5 Å². The third kappa shape index (κ3) is 4.86. The van der Waals surface area contributed by atoms with E-state index in [0.717, 1.165) is 32.0 Å². The molecule has 0 bridgehead atoms. The molecule has 1 aromatic carbocycles. The molecule has 0 unspecified atom stereocenters. The van der Waals surface area contributed by atoms with Gasteiger partial charge in [-0.3, -0.25) is 4.79 Å². The summed E-state index contributed by atoms with van der Waals surface area (Å²) in [6.07, 6.45) is 8.54. The van der Waals surface area contributed by atoms with Gasteiger partial charge in [-0.1, -0.05) is 12.8 Å². The maximum atomic E-state index is 13.2. The zero-order valence-corrected chi connectivity index (χ0v) is 17.5. The number of aliphatic hydroxyl groups is 1. The van der Waals surface area contributed by atoms with Crippen LogP contribution >= 0.6 is 0 Å². The Balaban J connectivity index is 1.42. The summed E-state index contributed by atoms with van der Waals surface area (Å²) in [4.78, 5) is 17.6. The van der Waals surface area contributed by atoms with Crippen LogP contribution in [0, 0.1) is 0 Å². The fourth-order valence-corrected chi connectivity index (χ4v) is 4.95. The van der Waals surface area contributed by atoms with Gasteiger partial charge in [0.05, 0.1) is 18.8 Å². The first kappa shape index (κ1) is 20.5. The fraction of sp³-hybridized carbons (Fsp3) is 0.696. The molecule has 3 aliphatic rings. The molecule has 3 fully saturated rings. The van der Waals surface area contributed by atoms with Crippen molar-refractivity contribution in [3.8, 4) is 11.5 Å². The summed E-state index contributed by atoms with van der Waals surface area (Å²) in [5, 5.41) is 9.75. The molecule has 0 spiro atoms. The SMILES string of the molecule is COc1ccc(OC2CCN(C3CCCC3)CC2)c(C(=O)N2CCC(O)CC2)c1. The topological polar surface area (TPSA) is 62.2 Å². The second-order valence-corrected chi connectivity index (χ2v) is 8.68. The fourth-order valence-electron chi connectivity index (χ4n) is 4.95. The Hall–Kier alpha value is -1.79. The summed E-state index contributed by atoms with van der Waals surface area (Å²) in [6, 6.07) is 6.29. The number of nitrogens with zero attached hydrogens (tertiary/aromatic N) is 2. The first-order valence-corrected chi connectivity index (χ1v) is 11.2. The van der Waals surface area contributed by atoms with Gasteiger partial charge in [0.15, 0.2) is 0 Å². The second-order valence-electron chi connectivity index (χ2n) is 8.68. The molecule has 4 rings (SSSR count). The van der Waals surface area contributed by atoms with Crippen LogP contribution in [0.2, 0.25) is 0 Å². The lowest BCUT2D eigenvalue weighted by Gasteiger charge is -2.36. The van der Waals surface area contributed by atoms with E-state index in [4.69, 9.17) is 9.47 Å². The number of aliphatic hydroxyl groups excluding tert-OH is 1. The van der Waals surface area contributed by atoms with Crippen LogP contribution in [0.15, 0.2) is 18.2 Å². The van der Waals surface area contributed by atoms with Crippen molar-refractivity contribution in [3.05, 3.63) is 23.8 Å². The Labute approximate surface area is 173 Å².